The lowest BCUT2D eigenvalue weighted by Crippen LogP contribution is -2.38. The number of hydrogen-bond donors (Lipinski definition) is 3. The summed E-state index contributed by atoms with van der Waals surface area (Å²) in [6, 6.07) is 12.5. The number of nitrogens with zero attached hydrogens (tertiary/aromatic N) is 1. The minimum atomic E-state index is -0.307. The summed E-state index contributed by atoms with van der Waals surface area (Å²) in [5.41, 5.74) is 1.49. The van der Waals surface area contributed by atoms with Gasteiger partial charge < -0.3 is 20.5 Å². The van der Waals surface area contributed by atoms with Gasteiger partial charge in [-0.05, 0) is 56.3 Å². The van der Waals surface area contributed by atoms with Crippen LogP contribution in [0.4, 0.5) is 0 Å². The van der Waals surface area contributed by atoms with Crippen LogP contribution in [0.1, 0.15) is 28.9 Å². The van der Waals surface area contributed by atoms with Gasteiger partial charge in [0, 0.05) is 30.5 Å². The largest absolute Gasteiger partial charge is 0.362 e. The van der Waals surface area contributed by atoms with Gasteiger partial charge in [-0.25, -0.2) is 0 Å². The predicted molar refractivity (Wildman–Crippen MR) is 101 cm³/mol. The van der Waals surface area contributed by atoms with E-state index in [0.29, 0.717) is 12.1 Å². The van der Waals surface area contributed by atoms with Gasteiger partial charge in [0.1, 0.15) is 5.70 Å². The molecule has 136 valence electrons. The minimum Gasteiger partial charge on any atom is -0.362 e. The molecule has 3 rings (SSSR count). The number of rotatable bonds is 7. The quantitative estimate of drug-likeness (QED) is 0.667. The van der Waals surface area contributed by atoms with Crippen LogP contribution in [0.15, 0.2) is 54.4 Å². The Bertz CT molecular complexity index is 747. The summed E-state index contributed by atoms with van der Waals surface area (Å²) in [5, 5.41) is 5.63. The summed E-state index contributed by atoms with van der Waals surface area (Å²) in [7, 11) is 0. The van der Waals surface area contributed by atoms with Crippen LogP contribution in [0.5, 0.6) is 0 Å². The first-order valence-corrected chi connectivity index (χ1v) is 8.94. The van der Waals surface area contributed by atoms with Gasteiger partial charge in [-0.15, -0.1) is 0 Å². The van der Waals surface area contributed by atoms with Gasteiger partial charge in [-0.1, -0.05) is 18.2 Å². The third-order valence-corrected chi connectivity index (χ3v) is 4.36. The molecule has 2 aromatic rings. The van der Waals surface area contributed by atoms with Crippen LogP contribution >= 0.6 is 0 Å². The number of hydrogen-bond acceptors (Lipinski definition) is 3. The molecule has 1 fully saturated rings. The first kappa shape index (κ1) is 17.9. The van der Waals surface area contributed by atoms with Crippen LogP contribution in [-0.2, 0) is 4.79 Å². The summed E-state index contributed by atoms with van der Waals surface area (Å²) in [6.07, 6.45) is 5.86. The van der Waals surface area contributed by atoms with Crippen molar-refractivity contribution >= 4 is 17.9 Å². The van der Waals surface area contributed by atoms with Gasteiger partial charge in [-0.3, -0.25) is 9.59 Å². The SMILES string of the molecule is O=C(NCCN1CCCC1)/C(=C/c1ccc[nH]1)NC(=O)c1ccccc1. The Labute approximate surface area is 153 Å². The van der Waals surface area contributed by atoms with Gasteiger partial charge in [0.2, 0.25) is 0 Å². The zero-order chi connectivity index (χ0) is 18.2. The number of carbonyl (C=O) groups excluding carboxylic acids is 2. The lowest BCUT2D eigenvalue weighted by atomic mass is 10.2. The molecule has 0 radical (unpaired) electrons. The minimum absolute atomic E-state index is 0.225. The van der Waals surface area contributed by atoms with Crippen LogP contribution < -0.4 is 10.6 Å². The molecule has 6 nitrogen and oxygen atoms in total. The highest BCUT2D eigenvalue weighted by Crippen LogP contribution is 2.07. The Morgan fingerprint density at radius 1 is 1.08 bits per heavy atom. The second-order valence-corrected chi connectivity index (χ2v) is 6.31. The van der Waals surface area contributed by atoms with Gasteiger partial charge in [0.25, 0.3) is 11.8 Å². The van der Waals surface area contributed by atoms with Crippen molar-refractivity contribution in [2.75, 3.05) is 26.2 Å². The highest BCUT2D eigenvalue weighted by molar-refractivity contribution is 6.05. The second-order valence-electron chi connectivity index (χ2n) is 6.31. The zero-order valence-electron chi connectivity index (χ0n) is 14.7. The molecule has 0 bridgehead atoms. The first-order chi connectivity index (χ1) is 12.7. The van der Waals surface area contributed by atoms with E-state index in [-0.39, 0.29) is 17.5 Å². The van der Waals surface area contributed by atoms with E-state index < -0.39 is 0 Å². The summed E-state index contributed by atoms with van der Waals surface area (Å²) in [5.74, 6) is -0.596. The normalized spacial score (nSPS) is 15.0. The van der Waals surface area contributed by atoms with Gasteiger partial charge in [0.05, 0.1) is 0 Å². The standard InChI is InChI=1S/C20H24N4O2/c25-19(16-7-2-1-3-8-16)23-18(15-17-9-6-10-21-17)20(26)22-11-14-24-12-4-5-13-24/h1-3,6-10,15,21H,4-5,11-14H2,(H,22,26)(H,23,25)/b18-15-. The fourth-order valence-corrected chi connectivity index (χ4v) is 2.96. The zero-order valence-corrected chi connectivity index (χ0v) is 14.7. The highest BCUT2D eigenvalue weighted by atomic mass is 16.2. The Morgan fingerprint density at radius 3 is 2.54 bits per heavy atom. The molecule has 2 heterocycles. The molecule has 1 aliphatic rings. The summed E-state index contributed by atoms with van der Waals surface area (Å²) >= 11 is 0. The summed E-state index contributed by atoms with van der Waals surface area (Å²) < 4.78 is 0. The van der Waals surface area contributed by atoms with E-state index in [4.69, 9.17) is 0 Å². The van der Waals surface area contributed by atoms with Crippen LogP contribution in [0.25, 0.3) is 6.08 Å². The molecule has 0 aliphatic carbocycles. The predicted octanol–water partition coefficient (Wildman–Crippen LogP) is 2.00. The molecule has 0 atom stereocenters. The fraction of sp³-hybridized carbons (Fsp3) is 0.300. The van der Waals surface area contributed by atoms with Crippen LogP contribution in [-0.4, -0.2) is 47.9 Å². The van der Waals surface area contributed by atoms with Crippen molar-refractivity contribution in [1.29, 1.82) is 0 Å². The average Bonchev–Trinajstić information content (AvgIpc) is 3.36. The van der Waals surface area contributed by atoms with Gasteiger partial charge in [0.15, 0.2) is 0 Å². The first-order valence-electron chi connectivity index (χ1n) is 8.94. The molecule has 3 N–H and O–H groups in total. The molecule has 2 amide bonds. The Morgan fingerprint density at radius 2 is 1.85 bits per heavy atom. The molecule has 0 saturated carbocycles. The Hall–Kier alpha value is -2.86. The molecule has 26 heavy (non-hydrogen) atoms. The van der Waals surface area contributed by atoms with Crippen molar-refractivity contribution in [2.45, 2.75) is 12.8 Å². The number of likely N-dealkylation sites (tertiary alicyclic amines) is 1. The molecule has 0 spiro atoms. The molecule has 1 aliphatic heterocycles. The maximum absolute atomic E-state index is 12.6. The molecule has 1 aromatic carbocycles. The van der Waals surface area contributed by atoms with Crippen LogP contribution in [0, 0.1) is 0 Å². The van der Waals surface area contributed by atoms with E-state index >= 15 is 0 Å². The van der Waals surface area contributed by atoms with Gasteiger partial charge in [-0.2, -0.15) is 0 Å². The van der Waals surface area contributed by atoms with Crippen molar-refractivity contribution in [2.24, 2.45) is 0 Å². The topological polar surface area (TPSA) is 77.2 Å². The molecule has 0 unspecified atom stereocenters. The van der Waals surface area contributed by atoms with E-state index in [1.807, 2.05) is 18.2 Å². The fourth-order valence-electron chi connectivity index (χ4n) is 2.96. The molecular weight excluding hydrogens is 328 g/mol. The van der Waals surface area contributed by atoms with Crippen LogP contribution in [0.3, 0.4) is 0 Å². The van der Waals surface area contributed by atoms with E-state index in [0.717, 1.165) is 25.3 Å². The number of H-pyrrole nitrogens is 1. The summed E-state index contributed by atoms with van der Waals surface area (Å²) in [6.45, 7) is 3.56. The third kappa shape index (κ3) is 5.07. The monoisotopic (exact) mass is 352 g/mol. The van der Waals surface area contributed by atoms with Crippen molar-refractivity contribution in [1.82, 2.24) is 20.5 Å². The molecular formula is C20H24N4O2. The smallest absolute Gasteiger partial charge is 0.267 e. The molecule has 1 saturated heterocycles. The Balaban J connectivity index is 1.64. The number of benzene rings is 1. The highest BCUT2D eigenvalue weighted by Gasteiger charge is 2.16. The van der Waals surface area contributed by atoms with E-state index in [1.165, 1.54) is 12.8 Å². The average molecular weight is 352 g/mol. The molecule has 6 heteroatoms. The lowest BCUT2D eigenvalue weighted by molar-refractivity contribution is -0.117. The van der Waals surface area contributed by atoms with Crippen molar-refractivity contribution in [3.63, 3.8) is 0 Å². The number of carbonyl (C=O) groups is 2. The second kappa shape index (κ2) is 9.01. The maximum Gasteiger partial charge on any atom is 0.267 e. The Kier molecular flexibility index (Phi) is 6.22. The lowest BCUT2D eigenvalue weighted by Gasteiger charge is -2.16. The molecule has 1 aromatic heterocycles. The van der Waals surface area contributed by atoms with Gasteiger partial charge >= 0.3 is 0 Å². The third-order valence-electron chi connectivity index (χ3n) is 4.36. The number of aromatic nitrogens is 1. The van der Waals surface area contributed by atoms with Crippen molar-refractivity contribution in [3.05, 3.63) is 65.6 Å². The number of aromatic amines is 1. The van der Waals surface area contributed by atoms with E-state index in [1.54, 1.807) is 36.5 Å². The van der Waals surface area contributed by atoms with E-state index in [9.17, 15) is 9.59 Å². The number of amides is 2. The number of nitrogens with one attached hydrogen (secondary N) is 3. The van der Waals surface area contributed by atoms with E-state index in [2.05, 4.69) is 20.5 Å². The van der Waals surface area contributed by atoms with Crippen molar-refractivity contribution < 1.29 is 9.59 Å². The summed E-state index contributed by atoms with van der Waals surface area (Å²) in [4.78, 5) is 30.4. The maximum atomic E-state index is 12.6. The van der Waals surface area contributed by atoms with Crippen molar-refractivity contribution in [3.8, 4) is 0 Å². The van der Waals surface area contributed by atoms with Crippen LogP contribution in [0.2, 0.25) is 0 Å².